The van der Waals surface area contributed by atoms with Gasteiger partial charge < -0.3 is 10.1 Å². The molecule has 5 nitrogen and oxygen atoms in total. The van der Waals surface area contributed by atoms with E-state index in [0.717, 1.165) is 5.69 Å². The molecule has 3 rings (SSSR count). The highest BCUT2D eigenvalue weighted by Crippen LogP contribution is 2.36. The Kier molecular flexibility index (Phi) is 3.82. The fraction of sp³-hybridized carbons (Fsp3) is 0. The number of aromatic carboxylic acids is 1. The molecule has 0 unspecified atom stereocenters. The molecule has 1 aliphatic rings. The number of hydrogen-bond donors (Lipinski definition) is 2. The van der Waals surface area contributed by atoms with Gasteiger partial charge in [-0.1, -0.05) is 30.0 Å². The fourth-order valence-electron chi connectivity index (χ4n) is 2.04. The minimum absolute atomic E-state index is 0.111. The molecule has 110 valence electrons. The van der Waals surface area contributed by atoms with Gasteiger partial charge in [-0.25, -0.2) is 4.79 Å². The topological polar surface area (TPSA) is 73.4 Å². The number of carboxylic acids is 1. The molecule has 0 atom stereocenters. The van der Waals surface area contributed by atoms with Gasteiger partial charge in [0.1, 0.15) is 0 Å². The molecule has 0 bridgehead atoms. The van der Waals surface area contributed by atoms with Crippen LogP contribution in [0.2, 0.25) is 0 Å². The lowest BCUT2D eigenvalue weighted by molar-refractivity contribution is -0.113. The maximum Gasteiger partial charge on any atom is 0.335 e. The molecule has 1 aromatic heterocycles. The smallest absolute Gasteiger partial charge is 0.335 e. The van der Waals surface area contributed by atoms with Gasteiger partial charge in [-0.2, -0.15) is 0 Å². The summed E-state index contributed by atoms with van der Waals surface area (Å²) >= 11 is 6.44. The average molecular weight is 330 g/mol. The van der Waals surface area contributed by atoms with Crippen LogP contribution in [0, 0.1) is 0 Å². The zero-order valence-electron chi connectivity index (χ0n) is 11.1. The summed E-state index contributed by atoms with van der Waals surface area (Å²) in [5.74, 6) is -1.30. The number of thioether (sulfide) groups is 1. The minimum atomic E-state index is -1.05. The predicted molar refractivity (Wildman–Crippen MR) is 89.8 cm³/mol. The van der Waals surface area contributed by atoms with Crippen LogP contribution in [0.4, 0.5) is 5.69 Å². The quantitative estimate of drug-likeness (QED) is 0.668. The molecule has 0 saturated carbocycles. The van der Waals surface area contributed by atoms with E-state index in [1.165, 1.54) is 28.8 Å². The molecule has 1 aromatic carbocycles. The largest absolute Gasteiger partial charge is 0.478 e. The molecule has 7 heteroatoms. The van der Waals surface area contributed by atoms with Crippen molar-refractivity contribution in [3.8, 4) is 0 Å². The molecule has 0 aliphatic carbocycles. The van der Waals surface area contributed by atoms with Crippen LogP contribution in [0.3, 0.4) is 0 Å². The highest BCUT2D eigenvalue weighted by atomic mass is 32.2. The number of carbonyl (C=O) groups excluding carboxylic acids is 1. The Morgan fingerprint density at radius 2 is 2.14 bits per heavy atom. The number of aromatic amines is 1. The molecule has 0 radical (unpaired) electrons. The summed E-state index contributed by atoms with van der Waals surface area (Å²) in [7, 11) is 0. The molecule has 1 saturated heterocycles. The second kappa shape index (κ2) is 5.78. The average Bonchev–Trinajstić information content (AvgIpc) is 3.08. The maximum absolute atomic E-state index is 12.5. The number of rotatable bonds is 3. The first kappa shape index (κ1) is 14.6. The van der Waals surface area contributed by atoms with Gasteiger partial charge in [0.05, 0.1) is 16.2 Å². The summed E-state index contributed by atoms with van der Waals surface area (Å²) in [5, 5.41) is 9.05. The van der Waals surface area contributed by atoms with Crippen molar-refractivity contribution in [1.29, 1.82) is 0 Å². The summed E-state index contributed by atoms with van der Waals surface area (Å²) in [4.78, 5) is 28.4. The normalized spacial score (nSPS) is 16.5. The number of amides is 1. The number of carbonyl (C=O) groups is 2. The van der Waals surface area contributed by atoms with E-state index in [9.17, 15) is 9.59 Å². The zero-order chi connectivity index (χ0) is 15.7. The lowest BCUT2D eigenvalue weighted by Crippen LogP contribution is -2.27. The van der Waals surface area contributed by atoms with E-state index in [1.54, 1.807) is 24.4 Å². The van der Waals surface area contributed by atoms with E-state index in [-0.39, 0.29) is 11.5 Å². The number of hydrogen-bond acceptors (Lipinski definition) is 4. The first-order valence-corrected chi connectivity index (χ1v) is 7.53. The monoisotopic (exact) mass is 330 g/mol. The Hall–Kier alpha value is -2.38. The molecule has 1 fully saturated rings. The Balaban J connectivity index is 1.95. The predicted octanol–water partition coefficient (Wildman–Crippen LogP) is 3.12. The zero-order valence-corrected chi connectivity index (χ0v) is 12.8. The lowest BCUT2D eigenvalue weighted by atomic mass is 10.2. The number of H-pyrrole nitrogens is 1. The number of thiocarbonyl (C=S) groups is 1. The standard InChI is InChI=1S/C15H10N2O3S2/c18-13-12(8-10-4-2-6-16-10)22-15(21)17(13)11-5-1-3-9(7-11)14(19)20/h1-8,16H,(H,19,20)/b12-8+. The lowest BCUT2D eigenvalue weighted by Gasteiger charge is -2.14. The summed E-state index contributed by atoms with van der Waals surface area (Å²) in [5.41, 5.74) is 1.37. The van der Waals surface area contributed by atoms with Crippen LogP contribution in [0.5, 0.6) is 0 Å². The van der Waals surface area contributed by atoms with Gasteiger partial charge in [0, 0.05) is 11.9 Å². The van der Waals surface area contributed by atoms with Gasteiger partial charge in [0.25, 0.3) is 5.91 Å². The minimum Gasteiger partial charge on any atom is -0.478 e. The van der Waals surface area contributed by atoms with E-state index >= 15 is 0 Å². The van der Waals surface area contributed by atoms with Crippen molar-refractivity contribution in [3.05, 3.63) is 58.8 Å². The molecule has 0 spiro atoms. The van der Waals surface area contributed by atoms with Gasteiger partial charge in [0.2, 0.25) is 0 Å². The maximum atomic E-state index is 12.5. The van der Waals surface area contributed by atoms with Crippen LogP contribution in [0.25, 0.3) is 6.08 Å². The van der Waals surface area contributed by atoms with E-state index < -0.39 is 5.97 Å². The van der Waals surface area contributed by atoms with Crippen LogP contribution in [0.1, 0.15) is 16.1 Å². The third kappa shape index (κ3) is 2.68. The number of anilines is 1. The SMILES string of the molecule is O=C(O)c1cccc(N2C(=O)/C(=C\c3ccc[nH]3)SC2=S)c1. The first-order chi connectivity index (χ1) is 10.6. The molecular formula is C15H10N2O3S2. The van der Waals surface area contributed by atoms with Crippen LogP contribution in [-0.4, -0.2) is 26.3 Å². The number of nitrogens with one attached hydrogen (secondary N) is 1. The highest BCUT2D eigenvalue weighted by molar-refractivity contribution is 8.27. The van der Waals surface area contributed by atoms with Crippen molar-refractivity contribution in [2.24, 2.45) is 0 Å². The number of aromatic nitrogens is 1. The van der Waals surface area contributed by atoms with Crippen LogP contribution >= 0.6 is 24.0 Å². The van der Waals surface area contributed by atoms with Gasteiger partial charge in [0.15, 0.2) is 4.32 Å². The fourth-order valence-corrected chi connectivity index (χ4v) is 3.33. The summed E-state index contributed by atoms with van der Waals surface area (Å²) in [6, 6.07) is 9.84. The molecule has 2 N–H and O–H groups in total. The van der Waals surface area contributed by atoms with Crippen LogP contribution < -0.4 is 4.90 Å². The molecule has 2 heterocycles. The van der Waals surface area contributed by atoms with Gasteiger partial charge in [-0.15, -0.1) is 0 Å². The Morgan fingerprint density at radius 3 is 2.82 bits per heavy atom. The third-order valence-electron chi connectivity index (χ3n) is 3.05. The van der Waals surface area contributed by atoms with Crippen molar-refractivity contribution < 1.29 is 14.7 Å². The molecule has 1 aliphatic heterocycles. The number of nitrogens with zero attached hydrogens (tertiary/aromatic N) is 1. The molecule has 1 amide bonds. The van der Waals surface area contributed by atoms with Gasteiger partial charge in [-0.3, -0.25) is 9.69 Å². The molecular weight excluding hydrogens is 320 g/mol. The molecule has 2 aromatic rings. The summed E-state index contributed by atoms with van der Waals surface area (Å²) in [6.45, 7) is 0. The van der Waals surface area contributed by atoms with Crippen molar-refractivity contribution in [2.45, 2.75) is 0 Å². The van der Waals surface area contributed by atoms with E-state index in [0.29, 0.717) is 14.9 Å². The van der Waals surface area contributed by atoms with Crippen molar-refractivity contribution >= 4 is 51.9 Å². The van der Waals surface area contributed by atoms with Gasteiger partial charge >= 0.3 is 5.97 Å². The summed E-state index contributed by atoms with van der Waals surface area (Å²) < 4.78 is 0.380. The number of benzene rings is 1. The van der Waals surface area contributed by atoms with Crippen molar-refractivity contribution in [3.63, 3.8) is 0 Å². The molecule has 22 heavy (non-hydrogen) atoms. The van der Waals surface area contributed by atoms with E-state index in [2.05, 4.69) is 4.98 Å². The first-order valence-electron chi connectivity index (χ1n) is 6.31. The van der Waals surface area contributed by atoms with Crippen molar-refractivity contribution in [1.82, 2.24) is 4.98 Å². The second-order valence-electron chi connectivity index (χ2n) is 4.50. The van der Waals surface area contributed by atoms with Crippen molar-refractivity contribution in [2.75, 3.05) is 4.90 Å². The van der Waals surface area contributed by atoms with Crippen LogP contribution in [-0.2, 0) is 4.79 Å². The third-order valence-corrected chi connectivity index (χ3v) is 4.36. The Bertz CT molecular complexity index is 797. The summed E-state index contributed by atoms with van der Waals surface area (Å²) in [6.07, 6.45) is 3.49. The second-order valence-corrected chi connectivity index (χ2v) is 6.17. The number of carboxylic acid groups (broad SMARTS) is 1. The Morgan fingerprint density at radius 1 is 1.32 bits per heavy atom. The van der Waals surface area contributed by atoms with E-state index in [1.807, 2.05) is 12.1 Å². The van der Waals surface area contributed by atoms with Crippen LogP contribution in [0.15, 0.2) is 47.5 Å². The van der Waals surface area contributed by atoms with E-state index in [4.69, 9.17) is 17.3 Å². The van der Waals surface area contributed by atoms with Gasteiger partial charge in [-0.05, 0) is 36.4 Å². The Labute approximate surface area is 135 Å². The highest BCUT2D eigenvalue weighted by Gasteiger charge is 2.33.